The maximum atomic E-state index is 14.0. The van der Waals surface area contributed by atoms with Crippen molar-refractivity contribution in [1.82, 2.24) is 19.8 Å². The number of amides is 4. The molecule has 4 aromatic rings. The molecular weight excluding hydrogens is 962 g/mol. The molecule has 2 aliphatic heterocycles. The van der Waals surface area contributed by atoms with Crippen LogP contribution in [0, 0.1) is 23.5 Å². The third-order valence-electron chi connectivity index (χ3n) is 10.4. The third-order valence-corrected chi connectivity index (χ3v) is 11.0. The summed E-state index contributed by atoms with van der Waals surface area (Å²) < 4.78 is 47.0. The lowest BCUT2D eigenvalue weighted by Gasteiger charge is -2.35. The maximum Gasteiger partial charge on any atom is 0.410 e. The molecule has 69 heavy (non-hydrogen) atoms. The van der Waals surface area contributed by atoms with Gasteiger partial charge in [-0.2, -0.15) is 0 Å². The van der Waals surface area contributed by atoms with Gasteiger partial charge in [0, 0.05) is 67.1 Å². The fourth-order valence-corrected chi connectivity index (χ4v) is 7.25. The van der Waals surface area contributed by atoms with Crippen LogP contribution in [0.3, 0.4) is 0 Å². The zero-order valence-corrected chi connectivity index (χ0v) is 41.8. The Morgan fingerprint density at radius 1 is 0.667 bits per heavy atom. The molecule has 4 heterocycles. The third kappa shape index (κ3) is 18.2. The first-order valence-electron chi connectivity index (χ1n) is 22.3. The first-order valence-corrected chi connectivity index (χ1v) is 23.4. The number of hydrogen-bond acceptors (Lipinski definition) is 12. The SMILES string of the molecule is CC(C)(C)OC(=O)N1CCC(C(=O)Nc2cccc(F)c2)CC1.COC(=O)c1ccc(CBr)nc1.COC(=O)c1ccc(CN(C(=O)C2CCN(C(=O)OC(C)(C)C)CC2)c2cccc(F)c2)nc1. The van der Waals surface area contributed by atoms with Crippen LogP contribution in [0.15, 0.2) is 85.2 Å². The molecule has 0 unspecified atom stereocenters. The number of likely N-dealkylation sites (tertiary alicyclic amines) is 2. The number of piperidine rings is 2. The van der Waals surface area contributed by atoms with E-state index < -0.39 is 29.1 Å². The fourth-order valence-electron chi connectivity index (χ4n) is 6.92. The number of methoxy groups -OCH3 is 2. The number of ether oxygens (including phenoxy) is 4. The zero-order chi connectivity index (χ0) is 50.9. The lowest BCUT2D eigenvalue weighted by molar-refractivity contribution is -0.124. The van der Waals surface area contributed by atoms with E-state index in [1.165, 1.54) is 55.8 Å². The van der Waals surface area contributed by atoms with Crippen LogP contribution >= 0.6 is 15.9 Å². The summed E-state index contributed by atoms with van der Waals surface area (Å²) in [6, 6.07) is 18.3. The number of nitrogens with one attached hydrogen (secondary N) is 1. The summed E-state index contributed by atoms with van der Waals surface area (Å²) in [5, 5.41) is 3.41. The standard InChI is InChI=1S/C25H30FN3O5.C17H23FN2O3.C8H8BrNO2/c1-25(2,3)34-24(32)28-12-10-17(11-13-28)22(30)29(21-7-5-6-19(26)14-21)16-20-9-8-18(15-27-20)23(31)33-4;1-17(2,3)23-16(22)20-9-7-12(8-10-20)15(21)19-14-6-4-5-13(18)11-14;1-12-8(11)6-2-3-7(4-9)10-5-6/h5-9,14-15,17H,10-13,16H2,1-4H3;4-6,11-12H,7-10H2,1-3H3,(H,19,21);2-3,5H,4H2,1H3. The Morgan fingerprint density at radius 2 is 1.13 bits per heavy atom. The minimum atomic E-state index is -0.589. The molecule has 2 aromatic carbocycles. The van der Waals surface area contributed by atoms with E-state index in [9.17, 15) is 37.5 Å². The second-order valence-electron chi connectivity index (χ2n) is 18.1. The van der Waals surface area contributed by atoms with E-state index in [1.807, 2.05) is 41.5 Å². The largest absolute Gasteiger partial charge is 0.465 e. The van der Waals surface area contributed by atoms with Crippen LogP contribution < -0.4 is 10.2 Å². The lowest BCUT2D eigenvalue weighted by atomic mass is 9.95. The predicted molar refractivity (Wildman–Crippen MR) is 257 cm³/mol. The zero-order valence-electron chi connectivity index (χ0n) is 40.3. The average molecular weight is 1020 g/mol. The number of anilines is 2. The van der Waals surface area contributed by atoms with Crippen LogP contribution in [-0.2, 0) is 40.4 Å². The Kier molecular flexibility index (Phi) is 20.6. The van der Waals surface area contributed by atoms with E-state index in [1.54, 1.807) is 58.3 Å². The van der Waals surface area contributed by atoms with Crippen molar-refractivity contribution in [3.8, 4) is 0 Å². The van der Waals surface area contributed by atoms with E-state index in [4.69, 9.17) is 9.47 Å². The van der Waals surface area contributed by atoms with Crippen LogP contribution in [0.4, 0.5) is 29.7 Å². The van der Waals surface area contributed by atoms with Crippen LogP contribution in [0.1, 0.15) is 99.3 Å². The molecular formula is C50H61BrF2N6O10. The molecule has 0 bridgehead atoms. The van der Waals surface area contributed by atoms with Gasteiger partial charge in [-0.25, -0.2) is 28.0 Å². The molecule has 4 amide bonds. The molecule has 16 nitrogen and oxygen atoms in total. The van der Waals surface area contributed by atoms with E-state index >= 15 is 0 Å². The molecule has 0 spiro atoms. The fraction of sp³-hybridized carbons (Fsp3) is 0.440. The molecule has 0 radical (unpaired) electrons. The molecule has 2 aliphatic rings. The Balaban J connectivity index is 0.000000254. The highest BCUT2D eigenvalue weighted by Gasteiger charge is 2.33. The molecule has 0 saturated carbocycles. The van der Waals surface area contributed by atoms with Crippen molar-refractivity contribution in [3.63, 3.8) is 0 Å². The van der Waals surface area contributed by atoms with Gasteiger partial charge in [0.25, 0.3) is 0 Å². The highest BCUT2D eigenvalue weighted by Crippen LogP contribution is 2.27. The number of carbonyl (C=O) groups excluding carboxylic acids is 6. The smallest absolute Gasteiger partial charge is 0.410 e. The molecule has 2 aromatic heterocycles. The Labute approximate surface area is 410 Å². The number of rotatable bonds is 9. The van der Waals surface area contributed by atoms with Crippen molar-refractivity contribution in [2.75, 3.05) is 50.6 Å². The lowest BCUT2D eigenvalue weighted by Crippen LogP contribution is -2.45. The molecule has 19 heteroatoms. The molecule has 6 rings (SSSR count). The normalized spacial score (nSPS) is 14.1. The van der Waals surface area contributed by atoms with Crippen LogP contribution in [0.2, 0.25) is 0 Å². The van der Waals surface area contributed by atoms with Crippen molar-refractivity contribution in [1.29, 1.82) is 0 Å². The summed E-state index contributed by atoms with van der Waals surface area (Å²) in [7, 11) is 2.63. The van der Waals surface area contributed by atoms with Crippen LogP contribution in [-0.4, -0.2) is 107 Å². The second-order valence-corrected chi connectivity index (χ2v) is 18.6. The Bertz CT molecular complexity index is 2360. The van der Waals surface area contributed by atoms with Gasteiger partial charge in [-0.05, 0) is 128 Å². The van der Waals surface area contributed by atoms with Gasteiger partial charge in [-0.1, -0.05) is 28.1 Å². The summed E-state index contributed by atoms with van der Waals surface area (Å²) in [5.41, 5.74) is 1.95. The summed E-state index contributed by atoms with van der Waals surface area (Å²) in [4.78, 5) is 85.7. The maximum absolute atomic E-state index is 14.0. The number of halogens is 3. The highest BCUT2D eigenvalue weighted by molar-refractivity contribution is 9.08. The molecule has 0 aliphatic carbocycles. The van der Waals surface area contributed by atoms with Gasteiger partial charge in [-0.3, -0.25) is 19.6 Å². The van der Waals surface area contributed by atoms with Gasteiger partial charge in [0.05, 0.1) is 43.3 Å². The van der Waals surface area contributed by atoms with Crippen molar-refractivity contribution >= 4 is 63.2 Å². The molecule has 0 atom stereocenters. The van der Waals surface area contributed by atoms with E-state index in [0.717, 1.165) is 5.69 Å². The first kappa shape index (κ1) is 55.1. The Morgan fingerprint density at radius 3 is 1.55 bits per heavy atom. The average Bonchev–Trinajstić information content (AvgIpc) is 3.32. The number of hydrogen-bond donors (Lipinski definition) is 1. The summed E-state index contributed by atoms with van der Waals surface area (Å²) in [5.74, 6) is -2.54. The molecule has 2 fully saturated rings. The van der Waals surface area contributed by atoms with Gasteiger partial charge in [0.15, 0.2) is 0 Å². The van der Waals surface area contributed by atoms with Crippen molar-refractivity contribution in [2.24, 2.45) is 11.8 Å². The molecule has 2 saturated heterocycles. The number of nitrogens with zero attached hydrogens (tertiary/aromatic N) is 5. The first-order chi connectivity index (χ1) is 32.6. The van der Waals surface area contributed by atoms with Gasteiger partial charge in [-0.15, -0.1) is 0 Å². The quantitative estimate of drug-likeness (QED) is 0.0953. The Hall–Kier alpha value is -6.50. The summed E-state index contributed by atoms with van der Waals surface area (Å²) >= 11 is 3.26. The van der Waals surface area contributed by atoms with E-state index in [0.29, 0.717) is 85.4 Å². The summed E-state index contributed by atoms with van der Waals surface area (Å²) in [6.07, 6.45) is 4.23. The van der Waals surface area contributed by atoms with Crippen molar-refractivity contribution in [2.45, 2.75) is 90.3 Å². The number of esters is 2. The summed E-state index contributed by atoms with van der Waals surface area (Å²) in [6.45, 7) is 12.8. The van der Waals surface area contributed by atoms with Gasteiger partial charge < -0.3 is 39.0 Å². The second kappa shape index (κ2) is 25.7. The van der Waals surface area contributed by atoms with Gasteiger partial charge >= 0.3 is 24.1 Å². The number of carbonyl (C=O) groups is 6. The topological polar surface area (TPSA) is 187 Å². The predicted octanol–water partition coefficient (Wildman–Crippen LogP) is 9.36. The van der Waals surface area contributed by atoms with Gasteiger partial charge in [0.1, 0.15) is 22.8 Å². The molecule has 1 N–H and O–H groups in total. The van der Waals surface area contributed by atoms with Crippen LogP contribution in [0.5, 0.6) is 0 Å². The molecule has 372 valence electrons. The van der Waals surface area contributed by atoms with Crippen molar-refractivity contribution in [3.05, 3.63) is 119 Å². The van der Waals surface area contributed by atoms with Gasteiger partial charge in [0.2, 0.25) is 11.8 Å². The monoisotopic (exact) mass is 1020 g/mol. The highest BCUT2D eigenvalue weighted by atomic mass is 79.9. The number of pyridine rings is 2. The number of benzene rings is 2. The minimum Gasteiger partial charge on any atom is -0.465 e. The number of alkyl halides is 1. The van der Waals surface area contributed by atoms with Crippen molar-refractivity contribution < 1.29 is 56.5 Å². The van der Waals surface area contributed by atoms with E-state index in [-0.39, 0.29) is 48.1 Å². The van der Waals surface area contributed by atoms with Crippen LogP contribution in [0.25, 0.3) is 0 Å². The number of aromatic nitrogens is 2. The minimum absolute atomic E-state index is 0.107. The van der Waals surface area contributed by atoms with E-state index in [2.05, 4.69) is 40.7 Å².